The van der Waals surface area contributed by atoms with Crippen LogP contribution in [0, 0.1) is 10.1 Å². The minimum absolute atomic E-state index is 0. The van der Waals surface area contributed by atoms with Gasteiger partial charge in [-0.25, -0.2) is 15.1 Å². The van der Waals surface area contributed by atoms with Crippen molar-refractivity contribution in [1.82, 2.24) is 9.66 Å². The first-order valence-electron chi connectivity index (χ1n) is 1.93. The molecule has 0 bridgehead atoms. The average Bonchev–Trinajstić information content (AvgIpc) is 2.12. The van der Waals surface area contributed by atoms with Crippen LogP contribution in [0.2, 0.25) is 0 Å². The number of rotatable bonds is 1. The van der Waals surface area contributed by atoms with Gasteiger partial charge in [0, 0.05) is 17.1 Å². The topological polar surface area (TPSA) is 61.0 Å². The van der Waals surface area contributed by atoms with Crippen LogP contribution in [-0.4, -0.2) is 14.7 Å². The third kappa shape index (κ3) is 1.83. The van der Waals surface area contributed by atoms with E-state index in [2.05, 4.69) is 4.98 Å². The van der Waals surface area contributed by atoms with E-state index in [-0.39, 0.29) is 17.1 Å². The van der Waals surface area contributed by atoms with Crippen molar-refractivity contribution in [3.05, 3.63) is 28.8 Å². The molecule has 1 radical (unpaired) electrons. The van der Waals surface area contributed by atoms with Crippen molar-refractivity contribution in [1.29, 1.82) is 0 Å². The second kappa shape index (κ2) is 3.21. The first-order valence-corrected chi connectivity index (χ1v) is 1.93. The summed E-state index contributed by atoms with van der Waals surface area (Å²) in [6, 6.07) is 0. The molecule has 0 amide bonds. The van der Waals surface area contributed by atoms with Gasteiger partial charge in [0.15, 0.2) is 11.4 Å². The Kier molecular flexibility index (Phi) is 2.90. The zero-order chi connectivity index (χ0) is 5.98. The van der Waals surface area contributed by atoms with Gasteiger partial charge < -0.3 is 0 Å². The predicted octanol–water partition coefficient (Wildman–Crippen LogP) is -0.0796. The SMILES string of the molecule is O=[N+]([O-])n1ccnc1.[Cu]. The van der Waals surface area contributed by atoms with E-state index < -0.39 is 5.03 Å². The molecule has 0 spiro atoms. The summed E-state index contributed by atoms with van der Waals surface area (Å²) in [6.07, 6.45) is 3.74. The van der Waals surface area contributed by atoms with E-state index in [1.165, 1.54) is 12.4 Å². The molecule has 0 saturated heterocycles. The van der Waals surface area contributed by atoms with Crippen molar-refractivity contribution in [3.63, 3.8) is 0 Å². The molecule has 0 N–H and O–H groups in total. The van der Waals surface area contributed by atoms with Crippen LogP contribution in [0.15, 0.2) is 18.7 Å². The van der Waals surface area contributed by atoms with Crippen molar-refractivity contribution in [3.8, 4) is 0 Å². The third-order valence-electron chi connectivity index (χ3n) is 0.679. The van der Waals surface area contributed by atoms with Crippen LogP contribution in [0.5, 0.6) is 0 Å². The van der Waals surface area contributed by atoms with E-state index in [9.17, 15) is 10.1 Å². The summed E-state index contributed by atoms with van der Waals surface area (Å²) in [5.41, 5.74) is 0. The van der Waals surface area contributed by atoms with Gasteiger partial charge >= 0.3 is 0 Å². The van der Waals surface area contributed by atoms with Gasteiger partial charge in [0.1, 0.15) is 0 Å². The molecular weight excluding hydrogens is 174 g/mol. The van der Waals surface area contributed by atoms with Crippen LogP contribution < -0.4 is 0 Å². The summed E-state index contributed by atoms with van der Waals surface area (Å²) in [5.74, 6) is 0. The van der Waals surface area contributed by atoms with Gasteiger partial charge in [-0.05, 0) is 0 Å². The second-order valence-corrected chi connectivity index (χ2v) is 1.18. The van der Waals surface area contributed by atoms with E-state index in [0.717, 1.165) is 11.0 Å². The zero-order valence-corrected chi connectivity index (χ0v) is 5.13. The number of nitrogens with zero attached hydrogens (tertiary/aromatic N) is 3. The number of nitro groups is 1. The molecule has 0 aromatic carbocycles. The predicted molar refractivity (Wildman–Crippen MR) is 24.6 cm³/mol. The van der Waals surface area contributed by atoms with Gasteiger partial charge in [0.05, 0.1) is 12.4 Å². The maximum atomic E-state index is 9.79. The summed E-state index contributed by atoms with van der Waals surface area (Å²) in [6.45, 7) is 0. The number of imidazole rings is 1. The van der Waals surface area contributed by atoms with Crippen LogP contribution in [-0.2, 0) is 17.1 Å². The van der Waals surface area contributed by atoms with Gasteiger partial charge in [-0.3, -0.25) is 0 Å². The first kappa shape index (κ1) is 8.13. The molecule has 1 aromatic rings. The molecule has 6 heteroatoms. The quantitative estimate of drug-likeness (QED) is 0.342. The molecule has 53 valence electrons. The molecule has 0 unspecified atom stereocenters. The molecular formula is C3H3CuN3O2. The molecule has 0 aliphatic heterocycles. The van der Waals surface area contributed by atoms with Gasteiger partial charge in [0.2, 0.25) is 0 Å². The Morgan fingerprint density at radius 2 is 2.33 bits per heavy atom. The summed E-state index contributed by atoms with van der Waals surface area (Å²) < 4.78 is 0.778. The Morgan fingerprint density at radius 3 is 2.56 bits per heavy atom. The fraction of sp³-hybridized carbons (Fsp3) is 0. The van der Waals surface area contributed by atoms with E-state index in [4.69, 9.17) is 0 Å². The van der Waals surface area contributed by atoms with E-state index in [1.807, 2.05) is 0 Å². The molecule has 0 atom stereocenters. The summed E-state index contributed by atoms with van der Waals surface area (Å²) >= 11 is 0. The van der Waals surface area contributed by atoms with Crippen LogP contribution in [0.3, 0.4) is 0 Å². The Bertz CT molecular complexity index is 185. The van der Waals surface area contributed by atoms with Crippen molar-refractivity contribution < 1.29 is 22.1 Å². The summed E-state index contributed by atoms with van der Waals surface area (Å²) in [5, 5.41) is 9.23. The first-order chi connectivity index (χ1) is 3.80. The van der Waals surface area contributed by atoms with Crippen LogP contribution >= 0.6 is 0 Å². The van der Waals surface area contributed by atoms with Crippen LogP contribution in [0.25, 0.3) is 0 Å². The van der Waals surface area contributed by atoms with Gasteiger partial charge in [0.25, 0.3) is 0 Å². The molecule has 1 rings (SSSR count). The van der Waals surface area contributed by atoms with Crippen LogP contribution in [0.1, 0.15) is 0 Å². The van der Waals surface area contributed by atoms with Gasteiger partial charge in [-0.1, -0.05) is 4.68 Å². The van der Waals surface area contributed by atoms with Crippen molar-refractivity contribution in [2.45, 2.75) is 0 Å². The van der Waals surface area contributed by atoms with Crippen molar-refractivity contribution in [2.75, 3.05) is 0 Å². The van der Waals surface area contributed by atoms with Gasteiger partial charge in [-0.2, -0.15) is 0 Å². The molecule has 0 aliphatic carbocycles. The molecule has 1 heterocycles. The maximum Gasteiger partial charge on any atom is 0.170 e. The Hall–Kier alpha value is -0.871. The second-order valence-electron chi connectivity index (χ2n) is 1.18. The van der Waals surface area contributed by atoms with E-state index >= 15 is 0 Å². The van der Waals surface area contributed by atoms with Crippen LogP contribution in [0.4, 0.5) is 0 Å². The number of hydrogen-bond acceptors (Lipinski definition) is 3. The normalized spacial score (nSPS) is 8.00. The average molecular weight is 177 g/mol. The van der Waals surface area contributed by atoms with E-state index in [0.29, 0.717) is 0 Å². The molecule has 9 heavy (non-hydrogen) atoms. The largest absolute Gasteiger partial charge is 0.239 e. The minimum atomic E-state index is -0.562. The Labute approximate surface area is 61.3 Å². The standard InChI is InChI=1S/C3H3N3O2.Cu/c7-6(8)5-2-1-4-3-5;/h1-3H;. The fourth-order valence-electron chi connectivity index (χ4n) is 0.349. The number of hydrogen-bond donors (Lipinski definition) is 0. The molecule has 0 fully saturated rings. The van der Waals surface area contributed by atoms with Gasteiger partial charge in [-0.15, -0.1) is 0 Å². The maximum absolute atomic E-state index is 9.79. The Morgan fingerprint density at radius 1 is 1.67 bits per heavy atom. The molecule has 0 aliphatic rings. The number of aromatic nitrogens is 2. The minimum Gasteiger partial charge on any atom is -0.239 e. The molecule has 1 aromatic heterocycles. The Balaban J connectivity index is 0.000000640. The van der Waals surface area contributed by atoms with E-state index in [1.54, 1.807) is 0 Å². The van der Waals surface area contributed by atoms with Crippen molar-refractivity contribution >= 4 is 0 Å². The smallest absolute Gasteiger partial charge is 0.170 e. The third-order valence-corrected chi connectivity index (χ3v) is 0.679. The van der Waals surface area contributed by atoms with Crippen molar-refractivity contribution in [2.24, 2.45) is 0 Å². The molecule has 0 saturated carbocycles. The summed E-state index contributed by atoms with van der Waals surface area (Å²) in [7, 11) is 0. The monoisotopic (exact) mass is 176 g/mol. The fourth-order valence-corrected chi connectivity index (χ4v) is 0.349. The molecule has 5 nitrogen and oxygen atoms in total. The summed E-state index contributed by atoms with van der Waals surface area (Å²) in [4.78, 5) is 13.3. The zero-order valence-electron chi connectivity index (χ0n) is 4.19.